The van der Waals surface area contributed by atoms with E-state index < -0.39 is 35.7 Å². The van der Waals surface area contributed by atoms with Gasteiger partial charge in [0.25, 0.3) is 0 Å². The van der Waals surface area contributed by atoms with Crippen molar-refractivity contribution in [2.24, 2.45) is 5.73 Å². The first kappa shape index (κ1) is 17.3. The normalized spacial score (nSPS) is 28.5. The van der Waals surface area contributed by atoms with E-state index in [1.54, 1.807) is 0 Å². The summed E-state index contributed by atoms with van der Waals surface area (Å²) < 4.78 is 19.1. The van der Waals surface area contributed by atoms with Crippen molar-refractivity contribution in [1.82, 2.24) is 19.5 Å². The molecule has 3 heterocycles. The van der Waals surface area contributed by atoms with E-state index in [0.717, 1.165) is 6.33 Å². The highest BCUT2D eigenvalue weighted by molar-refractivity contribution is 7.91. The van der Waals surface area contributed by atoms with Crippen molar-refractivity contribution in [2.75, 3.05) is 18.1 Å². The molecule has 3 unspecified atom stereocenters. The number of aromatic hydroxyl groups is 1. The molecule has 0 aliphatic carbocycles. The number of nitrogens with two attached hydrogens (primary N) is 1. The first-order chi connectivity index (χ1) is 11.5. The molecule has 1 aliphatic heterocycles. The summed E-state index contributed by atoms with van der Waals surface area (Å²) in [6.45, 7) is 0.440. The maximum Gasteiger partial charge on any atom is 0.242 e. The van der Waals surface area contributed by atoms with Crippen molar-refractivity contribution in [3.05, 3.63) is 12.7 Å². The Morgan fingerprint density at radius 1 is 1.29 bits per heavy atom. The summed E-state index contributed by atoms with van der Waals surface area (Å²) >= 11 is -1.20. The molecule has 5 atom stereocenters. The van der Waals surface area contributed by atoms with Crippen LogP contribution in [0.5, 0.6) is 5.88 Å². The van der Waals surface area contributed by atoms with Gasteiger partial charge in [-0.05, 0) is 6.54 Å². The van der Waals surface area contributed by atoms with Crippen LogP contribution in [0.1, 0.15) is 12.6 Å². The van der Waals surface area contributed by atoms with Crippen LogP contribution >= 0.6 is 0 Å². The third kappa shape index (κ3) is 3.18. The Kier molecular flexibility index (Phi) is 5.18. The Balaban J connectivity index is 1.78. The lowest BCUT2D eigenvalue weighted by Crippen LogP contribution is -2.36. The molecule has 11 heteroatoms. The van der Waals surface area contributed by atoms with Crippen LogP contribution in [0.2, 0.25) is 0 Å². The predicted octanol–water partition coefficient (Wildman–Crippen LogP) is -1.75. The minimum atomic E-state index is -1.24. The molecule has 1 aliphatic rings. The molecular formula is C13H19N5O5S. The standard InChI is InChI=1S/C13H19N5O5S/c14-2-1-3-24(22)4-7-9(19)10(20)13(23-7)18-6-17-8-11(18)15-5-16-12(8)21/h5-7,9-10,13,19-20H,1-4,14H2,(H,15,16,21)/t7?,9-,10-,13?,24?/m1/s1. The summed E-state index contributed by atoms with van der Waals surface area (Å²) in [6, 6.07) is 0. The number of aliphatic hydroxyl groups is 2. The molecule has 132 valence electrons. The molecule has 10 nitrogen and oxygen atoms in total. The van der Waals surface area contributed by atoms with Crippen LogP contribution in [0.15, 0.2) is 12.7 Å². The molecule has 1 saturated heterocycles. The van der Waals surface area contributed by atoms with Crippen LogP contribution in [0.4, 0.5) is 0 Å². The average molecular weight is 357 g/mol. The first-order valence-corrected chi connectivity index (χ1v) is 8.95. The lowest BCUT2D eigenvalue weighted by molar-refractivity contribution is -0.0292. The van der Waals surface area contributed by atoms with Gasteiger partial charge >= 0.3 is 0 Å². The predicted molar refractivity (Wildman–Crippen MR) is 84.5 cm³/mol. The number of rotatable bonds is 6. The van der Waals surface area contributed by atoms with Gasteiger partial charge in [-0.1, -0.05) is 11.2 Å². The quantitative estimate of drug-likeness (QED) is 0.439. The van der Waals surface area contributed by atoms with E-state index in [0.29, 0.717) is 18.7 Å². The number of imidazole rings is 1. The Labute approximate surface area is 140 Å². The van der Waals surface area contributed by atoms with Crippen LogP contribution in [0, 0.1) is 0 Å². The zero-order chi connectivity index (χ0) is 17.3. The van der Waals surface area contributed by atoms with Crippen molar-refractivity contribution < 1.29 is 24.6 Å². The molecule has 2 aromatic rings. The molecule has 3 rings (SSSR count). The number of nitrogens with zero attached hydrogens (tertiary/aromatic N) is 4. The Morgan fingerprint density at radius 3 is 2.83 bits per heavy atom. The van der Waals surface area contributed by atoms with E-state index in [4.69, 9.17) is 10.5 Å². The van der Waals surface area contributed by atoms with Crippen LogP contribution in [-0.2, 0) is 15.9 Å². The van der Waals surface area contributed by atoms with Gasteiger partial charge in [0.05, 0.1) is 6.33 Å². The molecule has 0 radical (unpaired) electrons. The molecule has 2 aromatic heterocycles. The number of hydrogen-bond acceptors (Lipinski definition) is 9. The van der Waals surface area contributed by atoms with Crippen LogP contribution in [0.3, 0.4) is 0 Å². The Hall–Kier alpha value is -1.50. The zero-order valence-corrected chi connectivity index (χ0v) is 13.5. The second kappa shape index (κ2) is 7.17. The van der Waals surface area contributed by atoms with Crippen molar-refractivity contribution in [3.8, 4) is 5.88 Å². The van der Waals surface area contributed by atoms with Gasteiger partial charge in [0.2, 0.25) is 5.88 Å². The third-order valence-electron chi connectivity index (χ3n) is 3.88. The van der Waals surface area contributed by atoms with Crippen LogP contribution in [-0.4, -0.2) is 75.8 Å². The first-order valence-electron chi connectivity index (χ1n) is 7.46. The molecule has 0 amide bonds. The second-order valence-corrected chi connectivity index (χ2v) is 7.14. The number of ether oxygens (including phenoxy) is 1. The van der Waals surface area contributed by atoms with Gasteiger partial charge in [-0.2, -0.15) is 4.98 Å². The maximum atomic E-state index is 12.0. The molecule has 0 bridgehead atoms. The van der Waals surface area contributed by atoms with Gasteiger partial charge < -0.3 is 30.3 Å². The molecule has 24 heavy (non-hydrogen) atoms. The fraction of sp³-hybridized carbons (Fsp3) is 0.615. The van der Waals surface area contributed by atoms with Gasteiger partial charge in [-0.15, -0.1) is 0 Å². The summed E-state index contributed by atoms with van der Waals surface area (Å²) in [5.41, 5.74) is 5.82. The Bertz CT molecular complexity index is 700. The topological polar surface area (TPSA) is 163 Å². The van der Waals surface area contributed by atoms with Crippen molar-refractivity contribution >= 4 is 22.3 Å². The average Bonchev–Trinajstić information content (AvgIpc) is 3.10. The summed E-state index contributed by atoms with van der Waals surface area (Å²) in [5, 5.41) is 30.1. The van der Waals surface area contributed by atoms with Crippen molar-refractivity contribution in [1.29, 1.82) is 0 Å². The minimum Gasteiger partial charge on any atom is -0.616 e. The highest BCUT2D eigenvalue weighted by Gasteiger charge is 2.46. The van der Waals surface area contributed by atoms with Gasteiger partial charge in [-0.25, -0.2) is 9.97 Å². The summed E-state index contributed by atoms with van der Waals surface area (Å²) in [5.74, 6) is 0.229. The van der Waals surface area contributed by atoms with Gasteiger partial charge in [-0.3, -0.25) is 4.57 Å². The van der Waals surface area contributed by atoms with Crippen molar-refractivity contribution in [3.63, 3.8) is 0 Å². The Morgan fingerprint density at radius 2 is 2.08 bits per heavy atom. The van der Waals surface area contributed by atoms with E-state index in [1.807, 2.05) is 0 Å². The molecule has 0 aromatic carbocycles. The third-order valence-corrected chi connectivity index (χ3v) is 5.32. The largest absolute Gasteiger partial charge is 0.616 e. The van der Waals surface area contributed by atoms with E-state index in [9.17, 15) is 19.9 Å². The highest BCUT2D eigenvalue weighted by atomic mass is 32.2. The van der Waals surface area contributed by atoms with E-state index in [1.165, 1.54) is 10.9 Å². The molecular weight excluding hydrogens is 338 g/mol. The van der Waals surface area contributed by atoms with Crippen LogP contribution in [0.25, 0.3) is 11.2 Å². The van der Waals surface area contributed by atoms with Gasteiger partial charge in [0, 0.05) is 6.42 Å². The van der Waals surface area contributed by atoms with Gasteiger partial charge in [0.15, 0.2) is 17.4 Å². The smallest absolute Gasteiger partial charge is 0.242 e. The molecule has 0 saturated carbocycles. The van der Waals surface area contributed by atoms with E-state index in [2.05, 4.69) is 15.0 Å². The SMILES string of the molecule is NCCC[S+]([O-])CC1OC(n2cnc3c(O)ncnc32)[C@H](O)[C@@H]1O. The monoisotopic (exact) mass is 357 g/mol. The van der Waals surface area contributed by atoms with E-state index in [-0.39, 0.29) is 22.8 Å². The van der Waals surface area contributed by atoms with Crippen LogP contribution < -0.4 is 5.73 Å². The minimum absolute atomic E-state index is 0.0988. The summed E-state index contributed by atoms with van der Waals surface area (Å²) in [6.07, 6.45) is -1.04. The van der Waals surface area contributed by atoms with E-state index >= 15 is 0 Å². The maximum absolute atomic E-state index is 12.0. The number of aliphatic hydroxyl groups excluding tert-OH is 2. The fourth-order valence-corrected chi connectivity index (χ4v) is 3.93. The molecule has 0 spiro atoms. The molecule has 1 fully saturated rings. The number of fused-ring (bicyclic) bond motifs is 1. The van der Waals surface area contributed by atoms with Crippen molar-refractivity contribution in [2.45, 2.75) is 31.0 Å². The second-order valence-electron chi connectivity index (χ2n) is 5.52. The zero-order valence-electron chi connectivity index (χ0n) is 12.7. The lowest BCUT2D eigenvalue weighted by Gasteiger charge is -2.17. The summed E-state index contributed by atoms with van der Waals surface area (Å²) in [4.78, 5) is 11.6. The number of aromatic nitrogens is 4. The molecule has 5 N–H and O–H groups in total. The fourth-order valence-electron chi connectivity index (χ4n) is 2.63. The highest BCUT2D eigenvalue weighted by Crippen LogP contribution is 2.33. The summed E-state index contributed by atoms with van der Waals surface area (Å²) in [7, 11) is 0. The number of hydrogen-bond donors (Lipinski definition) is 4. The lowest BCUT2D eigenvalue weighted by atomic mass is 10.1. The van der Waals surface area contributed by atoms with Gasteiger partial charge in [0.1, 0.15) is 36.1 Å².